The molecule has 124 valence electrons. The van der Waals surface area contributed by atoms with Gasteiger partial charge in [0, 0.05) is 6.54 Å². The zero-order valence-electron chi connectivity index (χ0n) is 14.0. The second kappa shape index (κ2) is 17.1. The predicted octanol–water partition coefficient (Wildman–Crippen LogP) is 5.60. The second-order valence-corrected chi connectivity index (χ2v) is 5.69. The van der Waals surface area contributed by atoms with Gasteiger partial charge in [0.15, 0.2) is 0 Å². The second-order valence-electron chi connectivity index (χ2n) is 5.69. The molecule has 0 aliphatic rings. The third kappa shape index (κ3) is 17.0. The largest absolute Gasteiger partial charge is 0.450 e. The number of hydrogen-bond acceptors (Lipinski definition) is 2. The van der Waals surface area contributed by atoms with Gasteiger partial charge in [-0.3, -0.25) is 0 Å². The minimum Gasteiger partial charge on any atom is -0.450 e. The molecule has 0 unspecified atom stereocenters. The van der Waals surface area contributed by atoms with Crippen LogP contribution in [0.2, 0.25) is 0 Å². The Hall–Kier alpha value is -0.990. The van der Waals surface area contributed by atoms with E-state index in [1.54, 1.807) is 6.08 Å². The maximum Gasteiger partial charge on any atom is 0.407 e. The number of nitrogens with one attached hydrogen (secondary N) is 1. The standard InChI is InChI=1S/C18H35NO2/c1-3-5-6-7-8-9-10-11-12-13-14-15-17-21-18(20)19-16-4-2/h4H,2-3,5-17H2,1H3,(H,19,20). The summed E-state index contributed by atoms with van der Waals surface area (Å²) in [7, 11) is 0. The number of ether oxygens (including phenoxy) is 1. The van der Waals surface area contributed by atoms with Crippen LogP contribution in [0.25, 0.3) is 0 Å². The lowest BCUT2D eigenvalue weighted by Crippen LogP contribution is -2.24. The zero-order valence-corrected chi connectivity index (χ0v) is 14.0. The molecule has 0 aromatic carbocycles. The minimum atomic E-state index is -0.335. The fourth-order valence-corrected chi connectivity index (χ4v) is 2.31. The molecule has 0 aromatic rings. The zero-order chi connectivity index (χ0) is 15.6. The van der Waals surface area contributed by atoms with Crippen LogP contribution in [-0.2, 0) is 4.74 Å². The van der Waals surface area contributed by atoms with Gasteiger partial charge in [-0.15, -0.1) is 6.58 Å². The van der Waals surface area contributed by atoms with Crippen LogP contribution in [0.3, 0.4) is 0 Å². The molecule has 0 radical (unpaired) electrons. The van der Waals surface area contributed by atoms with Crippen LogP contribution in [0.1, 0.15) is 84.0 Å². The molecule has 0 bridgehead atoms. The van der Waals surface area contributed by atoms with Crippen molar-refractivity contribution < 1.29 is 9.53 Å². The molecule has 0 fully saturated rings. The summed E-state index contributed by atoms with van der Waals surface area (Å²) in [5.41, 5.74) is 0. The molecule has 0 aromatic heterocycles. The van der Waals surface area contributed by atoms with Crippen LogP contribution in [0.15, 0.2) is 12.7 Å². The van der Waals surface area contributed by atoms with E-state index in [0.717, 1.165) is 12.8 Å². The van der Waals surface area contributed by atoms with E-state index in [0.29, 0.717) is 13.2 Å². The number of alkyl carbamates (subject to hydrolysis) is 1. The molecule has 0 heterocycles. The number of hydrogen-bond donors (Lipinski definition) is 1. The van der Waals surface area contributed by atoms with Crippen molar-refractivity contribution in [2.45, 2.75) is 84.0 Å². The van der Waals surface area contributed by atoms with Gasteiger partial charge in [-0.1, -0.05) is 83.6 Å². The number of carbonyl (C=O) groups is 1. The van der Waals surface area contributed by atoms with E-state index >= 15 is 0 Å². The van der Waals surface area contributed by atoms with Crippen molar-refractivity contribution in [3.05, 3.63) is 12.7 Å². The molecule has 0 aliphatic carbocycles. The van der Waals surface area contributed by atoms with Crippen LogP contribution in [0.4, 0.5) is 4.79 Å². The lowest BCUT2D eigenvalue weighted by molar-refractivity contribution is 0.145. The van der Waals surface area contributed by atoms with Gasteiger partial charge in [0.1, 0.15) is 0 Å². The highest BCUT2D eigenvalue weighted by molar-refractivity contribution is 5.67. The predicted molar refractivity (Wildman–Crippen MR) is 90.6 cm³/mol. The Morgan fingerprint density at radius 2 is 1.38 bits per heavy atom. The Kier molecular flexibility index (Phi) is 16.3. The Morgan fingerprint density at radius 1 is 0.905 bits per heavy atom. The van der Waals surface area contributed by atoms with E-state index in [1.807, 2.05) is 0 Å². The molecule has 0 saturated heterocycles. The van der Waals surface area contributed by atoms with Crippen molar-refractivity contribution in [2.75, 3.05) is 13.2 Å². The van der Waals surface area contributed by atoms with Crippen molar-refractivity contribution in [1.29, 1.82) is 0 Å². The first kappa shape index (κ1) is 20.0. The first-order valence-electron chi connectivity index (χ1n) is 8.82. The van der Waals surface area contributed by atoms with Crippen molar-refractivity contribution in [1.82, 2.24) is 5.32 Å². The van der Waals surface area contributed by atoms with Crippen molar-refractivity contribution >= 4 is 6.09 Å². The summed E-state index contributed by atoms with van der Waals surface area (Å²) in [5.74, 6) is 0. The quantitative estimate of drug-likeness (QED) is 0.315. The molecule has 0 atom stereocenters. The van der Waals surface area contributed by atoms with Gasteiger partial charge in [-0.05, 0) is 6.42 Å². The lowest BCUT2D eigenvalue weighted by atomic mass is 10.1. The summed E-state index contributed by atoms with van der Waals surface area (Å²) in [4.78, 5) is 11.1. The fraction of sp³-hybridized carbons (Fsp3) is 0.833. The number of amides is 1. The molecular weight excluding hydrogens is 262 g/mol. The van der Waals surface area contributed by atoms with Crippen LogP contribution in [0, 0.1) is 0 Å². The van der Waals surface area contributed by atoms with Crippen LogP contribution < -0.4 is 5.32 Å². The SMILES string of the molecule is C=CCNC(=O)OCCCCCCCCCCCCCC. The Bertz CT molecular complexity index is 241. The van der Waals surface area contributed by atoms with Gasteiger partial charge in [0.2, 0.25) is 0 Å². The fourth-order valence-electron chi connectivity index (χ4n) is 2.31. The number of carbonyl (C=O) groups excluding carboxylic acids is 1. The first-order valence-corrected chi connectivity index (χ1v) is 8.82. The van der Waals surface area contributed by atoms with E-state index in [1.165, 1.54) is 64.2 Å². The average Bonchev–Trinajstić information content (AvgIpc) is 2.49. The van der Waals surface area contributed by atoms with Gasteiger partial charge < -0.3 is 10.1 Å². The molecule has 3 nitrogen and oxygen atoms in total. The topological polar surface area (TPSA) is 38.3 Å². The monoisotopic (exact) mass is 297 g/mol. The number of unbranched alkanes of at least 4 members (excludes halogenated alkanes) is 11. The smallest absolute Gasteiger partial charge is 0.407 e. The van der Waals surface area contributed by atoms with E-state index in [-0.39, 0.29) is 6.09 Å². The highest BCUT2D eigenvalue weighted by atomic mass is 16.5. The van der Waals surface area contributed by atoms with E-state index in [4.69, 9.17) is 4.74 Å². The normalized spacial score (nSPS) is 10.3. The molecular formula is C18H35NO2. The summed E-state index contributed by atoms with van der Waals surface area (Å²) >= 11 is 0. The minimum absolute atomic E-state index is 0.335. The number of rotatable bonds is 15. The van der Waals surface area contributed by atoms with Gasteiger partial charge in [-0.25, -0.2) is 4.79 Å². The summed E-state index contributed by atoms with van der Waals surface area (Å²) in [5, 5.41) is 2.60. The maximum absolute atomic E-state index is 11.1. The molecule has 0 saturated carbocycles. The molecule has 0 spiro atoms. The Labute approximate surface area is 131 Å². The van der Waals surface area contributed by atoms with Crippen LogP contribution in [0.5, 0.6) is 0 Å². The van der Waals surface area contributed by atoms with Gasteiger partial charge in [0.25, 0.3) is 0 Å². The van der Waals surface area contributed by atoms with E-state index in [9.17, 15) is 4.79 Å². The first-order chi connectivity index (χ1) is 10.3. The third-order valence-electron chi connectivity index (χ3n) is 3.62. The summed E-state index contributed by atoms with van der Waals surface area (Å²) in [6.45, 7) is 6.79. The molecule has 21 heavy (non-hydrogen) atoms. The molecule has 0 aliphatic heterocycles. The van der Waals surface area contributed by atoms with E-state index in [2.05, 4.69) is 18.8 Å². The molecule has 0 rings (SSSR count). The highest BCUT2D eigenvalue weighted by Crippen LogP contribution is 2.11. The van der Waals surface area contributed by atoms with Crippen molar-refractivity contribution in [2.24, 2.45) is 0 Å². The van der Waals surface area contributed by atoms with E-state index < -0.39 is 0 Å². The summed E-state index contributed by atoms with van der Waals surface area (Å²) < 4.78 is 5.04. The van der Waals surface area contributed by atoms with Gasteiger partial charge in [0.05, 0.1) is 6.61 Å². The van der Waals surface area contributed by atoms with Gasteiger partial charge in [-0.2, -0.15) is 0 Å². The third-order valence-corrected chi connectivity index (χ3v) is 3.62. The Morgan fingerprint density at radius 3 is 1.86 bits per heavy atom. The lowest BCUT2D eigenvalue weighted by Gasteiger charge is -2.05. The average molecular weight is 297 g/mol. The van der Waals surface area contributed by atoms with Gasteiger partial charge >= 0.3 is 6.09 Å². The van der Waals surface area contributed by atoms with Crippen LogP contribution in [-0.4, -0.2) is 19.2 Å². The summed E-state index contributed by atoms with van der Waals surface area (Å²) in [6.07, 6.45) is 17.1. The van der Waals surface area contributed by atoms with Crippen molar-refractivity contribution in [3.8, 4) is 0 Å². The molecule has 1 N–H and O–H groups in total. The summed E-state index contributed by atoms with van der Waals surface area (Å²) in [6, 6.07) is 0. The molecule has 3 heteroatoms. The van der Waals surface area contributed by atoms with Crippen molar-refractivity contribution in [3.63, 3.8) is 0 Å². The highest BCUT2D eigenvalue weighted by Gasteiger charge is 1.98. The molecule has 1 amide bonds. The van der Waals surface area contributed by atoms with Crippen LogP contribution >= 0.6 is 0 Å². The maximum atomic E-state index is 11.1. The Balaban J connectivity index is 3.05.